The molecule has 7 nitrogen and oxygen atoms in total. The van der Waals surface area contributed by atoms with Gasteiger partial charge in [-0.3, -0.25) is 9.59 Å². The molecule has 0 radical (unpaired) electrons. The molecule has 2 rings (SSSR count). The smallest absolute Gasteiger partial charge is 0.408 e. The Labute approximate surface area is 170 Å². The van der Waals surface area contributed by atoms with E-state index in [1.54, 1.807) is 45.0 Å². The van der Waals surface area contributed by atoms with Crippen LogP contribution >= 0.6 is 0 Å². The zero-order chi connectivity index (χ0) is 21.4. The van der Waals surface area contributed by atoms with Crippen LogP contribution in [-0.2, 0) is 27.2 Å². The second-order valence-corrected chi connectivity index (χ2v) is 7.72. The number of rotatable bonds is 7. The fourth-order valence-electron chi connectivity index (χ4n) is 2.65. The molecule has 0 unspecified atom stereocenters. The van der Waals surface area contributed by atoms with Crippen LogP contribution in [0.15, 0.2) is 54.6 Å². The van der Waals surface area contributed by atoms with Crippen molar-refractivity contribution in [2.75, 3.05) is 5.32 Å². The summed E-state index contributed by atoms with van der Waals surface area (Å²) in [5, 5.41) is 5.43. The number of alkyl carbamates (subject to hydrolysis) is 1. The van der Waals surface area contributed by atoms with Crippen molar-refractivity contribution in [2.45, 2.75) is 45.3 Å². The molecule has 7 heteroatoms. The monoisotopic (exact) mass is 397 g/mol. The van der Waals surface area contributed by atoms with E-state index in [2.05, 4.69) is 10.6 Å². The molecule has 0 fully saturated rings. The Morgan fingerprint density at radius 2 is 1.59 bits per heavy atom. The lowest BCUT2D eigenvalue weighted by atomic mass is 10.1. The van der Waals surface area contributed by atoms with Gasteiger partial charge in [0, 0.05) is 12.1 Å². The van der Waals surface area contributed by atoms with Gasteiger partial charge in [-0.15, -0.1) is 0 Å². The lowest BCUT2D eigenvalue weighted by molar-refractivity contribution is -0.118. The number of hydrogen-bond donors (Lipinski definition) is 3. The van der Waals surface area contributed by atoms with Gasteiger partial charge >= 0.3 is 6.09 Å². The summed E-state index contributed by atoms with van der Waals surface area (Å²) in [7, 11) is 0. The highest BCUT2D eigenvalue weighted by atomic mass is 16.6. The molecular weight excluding hydrogens is 370 g/mol. The first-order valence-corrected chi connectivity index (χ1v) is 9.34. The third-order valence-electron chi connectivity index (χ3n) is 3.89. The van der Waals surface area contributed by atoms with E-state index in [-0.39, 0.29) is 12.3 Å². The molecule has 0 aliphatic rings. The Bertz CT molecular complexity index is 843. The fourth-order valence-corrected chi connectivity index (χ4v) is 2.65. The second kappa shape index (κ2) is 9.73. The van der Waals surface area contributed by atoms with Crippen molar-refractivity contribution in [3.8, 4) is 0 Å². The van der Waals surface area contributed by atoms with Crippen molar-refractivity contribution in [1.29, 1.82) is 0 Å². The van der Waals surface area contributed by atoms with Gasteiger partial charge in [0.1, 0.15) is 11.6 Å². The van der Waals surface area contributed by atoms with Gasteiger partial charge in [0.25, 0.3) is 0 Å². The highest BCUT2D eigenvalue weighted by Gasteiger charge is 2.24. The zero-order valence-electron chi connectivity index (χ0n) is 16.9. The summed E-state index contributed by atoms with van der Waals surface area (Å²) in [6.45, 7) is 5.27. The van der Waals surface area contributed by atoms with E-state index in [4.69, 9.17) is 10.5 Å². The first-order valence-electron chi connectivity index (χ1n) is 9.34. The van der Waals surface area contributed by atoms with E-state index >= 15 is 0 Å². The van der Waals surface area contributed by atoms with Crippen molar-refractivity contribution in [3.63, 3.8) is 0 Å². The predicted octanol–water partition coefficient (Wildman–Crippen LogP) is 2.79. The number of carbonyl (C=O) groups excluding carboxylic acids is 3. The number of nitrogens with two attached hydrogens (primary N) is 1. The maximum absolute atomic E-state index is 12.8. The molecule has 2 aromatic carbocycles. The molecule has 0 heterocycles. The molecule has 2 aromatic rings. The highest BCUT2D eigenvalue weighted by molar-refractivity contribution is 5.96. The van der Waals surface area contributed by atoms with Crippen LogP contribution in [0.1, 0.15) is 31.9 Å². The van der Waals surface area contributed by atoms with E-state index in [0.717, 1.165) is 11.1 Å². The van der Waals surface area contributed by atoms with Crippen LogP contribution in [0.5, 0.6) is 0 Å². The summed E-state index contributed by atoms with van der Waals surface area (Å²) >= 11 is 0. The summed E-state index contributed by atoms with van der Waals surface area (Å²) in [6.07, 6.45) is -0.220. The lowest BCUT2D eigenvalue weighted by Crippen LogP contribution is -2.47. The molecular formula is C22H27N3O4. The van der Waals surface area contributed by atoms with Crippen molar-refractivity contribution >= 4 is 23.6 Å². The number of hydrogen-bond acceptors (Lipinski definition) is 4. The van der Waals surface area contributed by atoms with Gasteiger partial charge in [0.05, 0.1) is 6.42 Å². The van der Waals surface area contributed by atoms with E-state index in [0.29, 0.717) is 12.1 Å². The van der Waals surface area contributed by atoms with E-state index in [1.807, 2.05) is 30.3 Å². The van der Waals surface area contributed by atoms with Crippen molar-refractivity contribution in [2.24, 2.45) is 5.73 Å². The first kappa shape index (κ1) is 21.9. The Balaban J connectivity index is 2.10. The lowest BCUT2D eigenvalue weighted by Gasteiger charge is -2.23. The normalized spacial score (nSPS) is 12.0. The summed E-state index contributed by atoms with van der Waals surface area (Å²) in [5.41, 5.74) is 6.72. The molecule has 154 valence electrons. The van der Waals surface area contributed by atoms with Crippen LogP contribution in [0.25, 0.3) is 0 Å². The maximum atomic E-state index is 12.8. The third-order valence-corrected chi connectivity index (χ3v) is 3.89. The van der Waals surface area contributed by atoms with Gasteiger partial charge in [0.15, 0.2) is 0 Å². The quantitative estimate of drug-likeness (QED) is 0.667. The van der Waals surface area contributed by atoms with E-state index in [1.165, 1.54) is 0 Å². The Kier molecular flexibility index (Phi) is 7.36. The van der Waals surface area contributed by atoms with Crippen LogP contribution in [0.3, 0.4) is 0 Å². The average molecular weight is 397 g/mol. The Morgan fingerprint density at radius 1 is 0.966 bits per heavy atom. The number of amides is 3. The van der Waals surface area contributed by atoms with Gasteiger partial charge in [-0.25, -0.2) is 4.79 Å². The molecule has 1 atom stereocenters. The zero-order valence-corrected chi connectivity index (χ0v) is 16.9. The largest absolute Gasteiger partial charge is 0.444 e. The fraction of sp³-hybridized carbons (Fsp3) is 0.318. The number of ether oxygens (including phenoxy) is 1. The summed E-state index contributed by atoms with van der Waals surface area (Å²) in [5.74, 6) is -0.798. The molecule has 0 spiro atoms. The van der Waals surface area contributed by atoms with Gasteiger partial charge in [-0.2, -0.15) is 0 Å². The predicted molar refractivity (Wildman–Crippen MR) is 111 cm³/mol. The molecule has 29 heavy (non-hydrogen) atoms. The molecule has 0 aromatic heterocycles. The van der Waals surface area contributed by atoms with Crippen molar-refractivity contribution in [3.05, 3.63) is 65.7 Å². The summed E-state index contributed by atoms with van der Waals surface area (Å²) < 4.78 is 5.29. The Hall–Kier alpha value is -3.35. The summed E-state index contributed by atoms with van der Waals surface area (Å²) in [6, 6.07) is 15.4. The van der Waals surface area contributed by atoms with Gasteiger partial charge in [-0.05, 0) is 44.0 Å². The minimum absolute atomic E-state index is 0.130. The van der Waals surface area contributed by atoms with Crippen LogP contribution in [-0.4, -0.2) is 29.6 Å². The molecule has 4 N–H and O–H groups in total. The topological polar surface area (TPSA) is 111 Å². The standard InChI is InChI=1S/C22H27N3O4/c1-22(2,3)29-21(28)25-18(13-15-7-5-4-6-8-15)20(27)24-17-11-9-16(10-12-17)14-19(23)26/h4-12,18H,13-14H2,1-3H3,(H2,23,26)(H,24,27)(H,25,28)/t18-/m0/s1. The second-order valence-electron chi connectivity index (χ2n) is 7.72. The average Bonchev–Trinajstić information content (AvgIpc) is 2.61. The molecule has 3 amide bonds. The summed E-state index contributed by atoms with van der Waals surface area (Å²) in [4.78, 5) is 36.0. The van der Waals surface area contributed by atoms with Crippen LogP contribution in [0, 0.1) is 0 Å². The Morgan fingerprint density at radius 3 is 2.14 bits per heavy atom. The minimum atomic E-state index is -0.822. The van der Waals surface area contributed by atoms with Crippen molar-refractivity contribution < 1.29 is 19.1 Å². The van der Waals surface area contributed by atoms with Crippen LogP contribution in [0.2, 0.25) is 0 Å². The number of primary amides is 1. The molecule has 0 aliphatic heterocycles. The first-order chi connectivity index (χ1) is 13.6. The molecule has 0 saturated carbocycles. The third kappa shape index (κ3) is 8.04. The number of nitrogens with one attached hydrogen (secondary N) is 2. The van der Waals surface area contributed by atoms with Gasteiger partial charge in [0.2, 0.25) is 11.8 Å². The molecule has 0 saturated heterocycles. The van der Waals surface area contributed by atoms with Crippen molar-refractivity contribution in [1.82, 2.24) is 5.32 Å². The minimum Gasteiger partial charge on any atom is -0.444 e. The van der Waals surface area contributed by atoms with E-state index in [9.17, 15) is 14.4 Å². The molecule has 0 aliphatic carbocycles. The van der Waals surface area contributed by atoms with Crippen LogP contribution < -0.4 is 16.4 Å². The van der Waals surface area contributed by atoms with Gasteiger partial charge in [-0.1, -0.05) is 42.5 Å². The molecule has 0 bridgehead atoms. The maximum Gasteiger partial charge on any atom is 0.408 e. The SMILES string of the molecule is CC(C)(C)OC(=O)N[C@@H](Cc1ccccc1)C(=O)Nc1ccc(CC(N)=O)cc1. The van der Waals surface area contributed by atoms with Gasteiger partial charge < -0.3 is 21.1 Å². The number of benzene rings is 2. The number of carbonyl (C=O) groups is 3. The van der Waals surface area contributed by atoms with Crippen LogP contribution in [0.4, 0.5) is 10.5 Å². The highest BCUT2D eigenvalue weighted by Crippen LogP contribution is 2.13. The van der Waals surface area contributed by atoms with E-state index < -0.39 is 23.6 Å². The number of anilines is 1.